The molecule has 2 N–H and O–H groups in total. The van der Waals surface area contributed by atoms with E-state index in [0.717, 1.165) is 30.4 Å². The van der Waals surface area contributed by atoms with Crippen LogP contribution in [0.5, 0.6) is 0 Å². The number of carbonyl (C=O) groups excluding carboxylic acids is 1. The Morgan fingerprint density at radius 3 is 2.38 bits per heavy atom. The minimum absolute atomic E-state index is 0.190. The number of nitrogens with one attached hydrogen (secondary N) is 1. The van der Waals surface area contributed by atoms with Gasteiger partial charge >= 0.3 is 5.97 Å². The Morgan fingerprint density at radius 2 is 1.81 bits per heavy atom. The number of hydrogen-bond donors (Lipinski definition) is 2. The molecule has 1 aliphatic carbocycles. The van der Waals surface area contributed by atoms with Crippen LogP contribution in [0.15, 0.2) is 18.2 Å². The number of carboxylic acid groups (broad SMARTS) is 1. The molecule has 2 rings (SSSR count). The van der Waals surface area contributed by atoms with Crippen molar-refractivity contribution < 1.29 is 14.7 Å². The van der Waals surface area contributed by atoms with Crippen molar-refractivity contribution in [1.82, 2.24) is 5.32 Å². The molecule has 1 saturated carbocycles. The van der Waals surface area contributed by atoms with Crippen molar-refractivity contribution in [2.75, 3.05) is 6.54 Å². The minimum Gasteiger partial charge on any atom is -0.481 e. The zero-order valence-corrected chi connectivity index (χ0v) is 12.7. The summed E-state index contributed by atoms with van der Waals surface area (Å²) in [6.07, 6.45) is 4.23. The SMILES string of the molecule is Cc1ccc(C(=O)NCC2(C(=O)O)CCCCC2)cc1C. The molecule has 1 fully saturated rings. The number of amides is 1. The molecule has 1 aliphatic rings. The molecule has 1 aromatic rings. The molecule has 0 bridgehead atoms. The highest BCUT2D eigenvalue weighted by molar-refractivity contribution is 5.94. The van der Waals surface area contributed by atoms with Gasteiger partial charge in [0.1, 0.15) is 0 Å². The first kappa shape index (κ1) is 15.5. The van der Waals surface area contributed by atoms with E-state index in [1.54, 1.807) is 6.07 Å². The molecule has 0 aliphatic heterocycles. The van der Waals surface area contributed by atoms with Crippen LogP contribution >= 0.6 is 0 Å². The van der Waals surface area contributed by atoms with Gasteiger partial charge in [-0.05, 0) is 49.9 Å². The van der Waals surface area contributed by atoms with Crippen LogP contribution in [0, 0.1) is 19.3 Å². The molecule has 0 atom stereocenters. The Kier molecular flexibility index (Phi) is 4.66. The highest BCUT2D eigenvalue weighted by Crippen LogP contribution is 2.36. The third kappa shape index (κ3) is 3.43. The first-order valence-electron chi connectivity index (χ1n) is 7.53. The predicted molar refractivity (Wildman–Crippen MR) is 81.4 cm³/mol. The maximum atomic E-state index is 12.2. The fourth-order valence-corrected chi connectivity index (χ4v) is 2.93. The predicted octanol–water partition coefficient (Wildman–Crippen LogP) is 3.07. The Morgan fingerprint density at radius 1 is 1.14 bits per heavy atom. The van der Waals surface area contributed by atoms with Crippen LogP contribution in [0.25, 0.3) is 0 Å². The van der Waals surface area contributed by atoms with E-state index in [-0.39, 0.29) is 12.5 Å². The lowest BCUT2D eigenvalue weighted by Crippen LogP contribution is -2.44. The quantitative estimate of drug-likeness (QED) is 0.895. The highest BCUT2D eigenvalue weighted by atomic mass is 16.4. The van der Waals surface area contributed by atoms with Crippen LogP contribution in [0.4, 0.5) is 0 Å². The van der Waals surface area contributed by atoms with Crippen molar-refractivity contribution in [3.05, 3.63) is 34.9 Å². The molecule has 0 heterocycles. The summed E-state index contributed by atoms with van der Waals surface area (Å²) >= 11 is 0. The standard InChI is InChI=1S/C17H23NO3/c1-12-6-7-14(10-13(12)2)15(19)18-11-17(16(20)21)8-4-3-5-9-17/h6-7,10H,3-5,8-9,11H2,1-2H3,(H,18,19)(H,20,21). The Hall–Kier alpha value is -1.84. The number of hydrogen-bond acceptors (Lipinski definition) is 2. The molecule has 21 heavy (non-hydrogen) atoms. The van der Waals surface area contributed by atoms with Gasteiger partial charge in [0.05, 0.1) is 5.41 Å². The summed E-state index contributed by atoms with van der Waals surface area (Å²) in [6.45, 7) is 4.18. The van der Waals surface area contributed by atoms with Crippen molar-refractivity contribution in [3.63, 3.8) is 0 Å². The normalized spacial score (nSPS) is 17.2. The zero-order chi connectivity index (χ0) is 15.5. The largest absolute Gasteiger partial charge is 0.481 e. The Balaban J connectivity index is 2.05. The van der Waals surface area contributed by atoms with Crippen LogP contribution in [0.2, 0.25) is 0 Å². The molecule has 1 amide bonds. The van der Waals surface area contributed by atoms with Crippen molar-refractivity contribution in [3.8, 4) is 0 Å². The third-order valence-electron chi connectivity index (χ3n) is 4.62. The number of carbonyl (C=O) groups is 2. The van der Waals surface area contributed by atoms with E-state index in [1.807, 2.05) is 26.0 Å². The van der Waals surface area contributed by atoms with Gasteiger partial charge in [-0.25, -0.2) is 0 Å². The fraction of sp³-hybridized carbons (Fsp3) is 0.529. The average molecular weight is 289 g/mol. The fourth-order valence-electron chi connectivity index (χ4n) is 2.93. The van der Waals surface area contributed by atoms with Gasteiger partial charge in [-0.15, -0.1) is 0 Å². The van der Waals surface area contributed by atoms with Crippen LogP contribution in [-0.2, 0) is 4.79 Å². The van der Waals surface area contributed by atoms with E-state index in [0.29, 0.717) is 18.4 Å². The van der Waals surface area contributed by atoms with E-state index in [1.165, 1.54) is 0 Å². The summed E-state index contributed by atoms with van der Waals surface area (Å²) in [4.78, 5) is 23.8. The first-order chi connectivity index (χ1) is 9.94. The second kappa shape index (κ2) is 6.29. The van der Waals surface area contributed by atoms with E-state index >= 15 is 0 Å². The van der Waals surface area contributed by atoms with Gasteiger partial charge in [0, 0.05) is 12.1 Å². The van der Waals surface area contributed by atoms with Crippen LogP contribution < -0.4 is 5.32 Å². The number of rotatable bonds is 4. The van der Waals surface area contributed by atoms with Crippen LogP contribution in [-0.4, -0.2) is 23.5 Å². The molecule has 114 valence electrons. The summed E-state index contributed by atoms with van der Waals surface area (Å²) in [5.74, 6) is -0.980. The Labute approximate surface area is 125 Å². The molecule has 0 radical (unpaired) electrons. The number of carboxylic acids is 1. The summed E-state index contributed by atoms with van der Waals surface area (Å²) in [7, 11) is 0. The summed E-state index contributed by atoms with van der Waals surface area (Å²) in [5, 5.41) is 12.3. The summed E-state index contributed by atoms with van der Waals surface area (Å²) < 4.78 is 0. The smallest absolute Gasteiger partial charge is 0.311 e. The van der Waals surface area contributed by atoms with E-state index in [4.69, 9.17) is 0 Å². The molecule has 0 saturated heterocycles. The van der Waals surface area contributed by atoms with Gasteiger partial charge in [0.25, 0.3) is 5.91 Å². The van der Waals surface area contributed by atoms with Gasteiger partial charge in [-0.2, -0.15) is 0 Å². The summed E-state index contributed by atoms with van der Waals surface area (Å²) in [5.41, 5.74) is 2.01. The first-order valence-corrected chi connectivity index (χ1v) is 7.53. The van der Waals surface area contributed by atoms with Gasteiger partial charge in [0.15, 0.2) is 0 Å². The third-order valence-corrected chi connectivity index (χ3v) is 4.62. The maximum Gasteiger partial charge on any atom is 0.311 e. The second-order valence-corrected chi connectivity index (χ2v) is 6.13. The molecule has 1 aromatic carbocycles. The van der Waals surface area contributed by atoms with E-state index < -0.39 is 11.4 Å². The average Bonchev–Trinajstić information content (AvgIpc) is 2.48. The topological polar surface area (TPSA) is 66.4 Å². The molecule has 4 heteroatoms. The van der Waals surface area contributed by atoms with Crippen molar-refractivity contribution in [1.29, 1.82) is 0 Å². The summed E-state index contributed by atoms with van der Waals surface area (Å²) in [6, 6.07) is 5.54. The van der Waals surface area contributed by atoms with Crippen molar-refractivity contribution in [2.24, 2.45) is 5.41 Å². The molecular formula is C17H23NO3. The van der Waals surface area contributed by atoms with Gasteiger partial charge in [-0.3, -0.25) is 9.59 Å². The monoisotopic (exact) mass is 289 g/mol. The number of aliphatic carboxylic acids is 1. The highest BCUT2D eigenvalue weighted by Gasteiger charge is 2.39. The number of aryl methyl sites for hydroxylation is 2. The zero-order valence-electron chi connectivity index (χ0n) is 12.7. The van der Waals surface area contributed by atoms with E-state index in [9.17, 15) is 14.7 Å². The lowest BCUT2D eigenvalue weighted by atomic mass is 9.74. The molecule has 0 aromatic heterocycles. The molecular weight excluding hydrogens is 266 g/mol. The maximum absolute atomic E-state index is 12.2. The van der Waals surface area contributed by atoms with Gasteiger partial charge in [-0.1, -0.05) is 25.3 Å². The van der Waals surface area contributed by atoms with E-state index in [2.05, 4.69) is 5.32 Å². The number of benzene rings is 1. The van der Waals surface area contributed by atoms with Crippen molar-refractivity contribution >= 4 is 11.9 Å². The van der Waals surface area contributed by atoms with Crippen molar-refractivity contribution in [2.45, 2.75) is 46.0 Å². The molecule has 4 nitrogen and oxygen atoms in total. The lowest BCUT2D eigenvalue weighted by molar-refractivity contribution is -0.150. The molecule has 0 unspecified atom stereocenters. The Bertz CT molecular complexity index is 545. The van der Waals surface area contributed by atoms with Crippen LogP contribution in [0.1, 0.15) is 53.6 Å². The second-order valence-electron chi connectivity index (χ2n) is 6.13. The minimum atomic E-state index is -0.789. The van der Waals surface area contributed by atoms with Gasteiger partial charge in [0.2, 0.25) is 0 Å². The lowest BCUT2D eigenvalue weighted by Gasteiger charge is -2.33. The van der Waals surface area contributed by atoms with Crippen LogP contribution in [0.3, 0.4) is 0 Å². The molecule has 0 spiro atoms. The van der Waals surface area contributed by atoms with Gasteiger partial charge < -0.3 is 10.4 Å².